The summed E-state index contributed by atoms with van der Waals surface area (Å²) in [5.41, 5.74) is 5.89. The Bertz CT molecular complexity index is 547. The number of sulfonamides is 1. The first-order chi connectivity index (χ1) is 8.35. The van der Waals surface area contributed by atoms with Gasteiger partial charge in [0.25, 0.3) is 5.91 Å². The molecule has 0 saturated heterocycles. The van der Waals surface area contributed by atoms with E-state index in [1.165, 1.54) is 19.3 Å². The fraction of sp³-hybridized carbons (Fsp3) is 0.333. The zero-order chi connectivity index (χ0) is 13.8. The highest BCUT2D eigenvalue weighted by Gasteiger charge is 2.13. The monoisotopic (exact) mass is 292 g/mol. The number of amides is 1. The molecule has 0 atom stereocenters. The quantitative estimate of drug-likeness (QED) is 0.639. The molecule has 0 fully saturated rings. The number of anilines is 1. The van der Waals surface area contributed by atoms with Gasteiger partial charge in [0, 0.05) is 6.54 Å². The molecule has 0 unspecified atom stereocenters. The van der Waals surface area contributed by atoms with Gasteiger partial charge in [0.1, 0.15) is 5.15 Å². The van der Waals surface area contributed by atoms with E-state index < -0.39 is 15.9 Å². The predicted octanol–water partition coefficient (Wildman–Crippen LogP) is -0.404. The van der Waals surface area contributed by atoms with Gasteiger partial charge in [0.2, 0.25) is 10.0 Å². The summed E-state index contributed by atoms with van der Waals surface area (Å²) in [6.07, 6.45) is 1.32. The third-order valence-electron chi connectivity index (χ3n) is 2.07. The van der Waals surface area contributed by atoms with E-state index in [1.807, 2.05) is 0 Å². The van der Waals surface area contributed by atoms with Crippen molar-refractivity contribution in [1.29, 1.82) is 0 Å². The number of hydrogen-bond donors (Lipinski definition) is 3. The lowest BCUT2D eigenvalue weighted by Gasteiger charge is -2.07. The van der Waals surface area contributed by atoms with Crippen molar-refractivity contribution in [2.24, 2.45) is 0 Å². The number of nitrogens with two attached hydrogens (primary N) is 1. The smallest absolute Gasteiger partial charge is 0.254 e. The Labute approximate surface area is 110 Å². The Morgan fingerprint density at radius 2 is 2.22 bits per heavy atom. The maximum absolute atomic E-state index is 11.7. The second kappa shape index (κ2) is 5.98. The van der Waals surface area contributed by atoms with E-state index in [0.717, 1.165) is 0 Å². The molecule has 9 heteroatoms. The highest BCUT2D eigenvalue weighted by molar-refractivity contribution is 7.89. The first-order valence-electron chi connectivity index (χ1n) is 4.96. The van der Waals surface area contributed by atoms with Crippen LogP contribution in [0.25, 0.3) is 0 Å². The highest BCUT2D eigenvalue weighted by Crippen LogP contribution is 2.15. The molecule has 18 heavy (non-hydrogen) atoms. The van der Waals surface area contributed by atoms with Crippen LogP contribution in [0.3, 0.4) is 0 Å². The Balaban J connectivity index is 2.64. The summed E-state index contributed by atoms with van der Waals surface area (Å²) in [4.78, 5) is 15.4. The van der Waals surface area contributed by atoms with Crippen molar-refractivity contribution in [3.8, 4) is 0 Å². The topological polar surface area (TPSA) is 114 Å². The summed E-state index contributed by atoms with van der Waals surface area (Å²) in [6, 6.07) is 1.37. The number of nitrogens with zero attached hydrogens (tertiary/aromatic N) is 1. The zero-order valence-corrected chi connectivity index (χ0v) is 11.2. The van der Waals surface area contributed by atoms with Crippen molar-refractivity contribution in [3.63, 3.8) is 0 Å². The minimum atomic E-state index is -3.35. The molecule has 0 saturated carbocycles. The molecule has 0 spiro atoms. The molecule has 0 aliphatic rings. The average molecular weight is 293 g/mol. The Hall–Kier alpha value is -1.38. The Morgan fingerprint density at radius 1 is 1.56 bits per heavy atom. The maximum atomic E-state index is 11.7. The molecule has 7 nitrogen and oxygen atoms in total. The van der Waals surface area contributed by atoms with E-state index in [2.05, 4.69) is 15.0 Å². The molecule has 0 bridgehead atoms. The molecule has 0 radical (unpaired) electrons. The fourth-order valence-electron chi connectivity index (χ4n) is 1.12. The van der Waals surface area contributed by atoms with Crippen molar-refractivity contribution in [2.75, 3.05) is 25.1 Å². The van der Waals surface area contributed by atoms with Crippen molar-refractivity contribution < 1.29 is 13.2 Å². The molecule has 100 valence electrons. The molecule has 1 rings (SSSR count). The number of nitrogens with one attached hydrogen (secondary N) is 2. The van der Waals surface area contributed by atoms with Gasteiger partial charge in [-0.25, -0.2) is 18.1 Å². The standard InChI is InChI=1S/C9H13ClN4O3S/c1-12-18(16,17)3-2-13-9(15)7-4-6(11)5-14-8(7)10/h4-5,12H,2-3,11H2,1H3,(H,13,15). The first-order valence-corrected chi connectivity index (χ1v) is 6.99. The summed E-state index contributed by atoms with van der Waals surface area (Å²) in [5, 5.41) is 2.43. The molecule has 1 amide bonds. The van der Waals surface area contributed by atoms with Gasteiger partial charge in [0.15, 0.2) is 0 Å². The van der Waals surface area contributed by atoms with Gasteiger partial charge in [-0.05, 0) is 13.1 Å². The molecule has 0 aliphatic carbocycles. The third-order valence-corrected chi connectivity index (χ3v) is 3.74. The molecule has 0 aliphatic heterocycles. The number of carbonyl (C=O) groups excluding carboxylic acids is 1. The van der Waals surface area contributed by atoms with Crippen LogP contribution >= 0.6 is 11.6 Å². The predicted molar refractivity (Wildman–Crippen MR) is 68.8 cm³/mol. The van der Waals surface area contributed by atoms with Crippen LogP contribution in [0, 0.1) is 0 Å². The molecule has 1 heterocycles. The maximum Gasteiger partial charge on any atom is 0.254 e. The van der Waals surface area contributed by atoms with Gasteiger partial charge >= 0.3 is 0 Å². The second-order valence-electron chi connectivity index (χ2n) is 3.39. The lowest BCUT2D eigenvalue weighted by Crippen LogP contribution is -2.33. The van der Waals surface area contributed by atoms with Gasteiger partial charge < -0.3 is 11.1 Å². The number of nitrogen functional groups attached to an aromatic ring is 1. The summed E-state index contributed by atoms with van der Waals surface area (Å²) >= 11 is 5.73. The molecule has 4 N–H and O–H groups in total. The zero-order valence-electron chi connectivity index (χ0n) is 9.60. The first kappa shape index (κ1) is 14.7. The van der Waals surface area contributed by atoms with Crippen molar-refractivity contribution in [2.45, 2.75) is 0 Å². The van der Waals surface area contributed by atoms with Crippen LogP contribution < -0.4 is 15.8 Å². The van der Waals surface area contributed by atoms with Crippen LogP contribution in [0.15, 0.2) is 12.3 Å². The number of rotatable bonds is 5. The summed E-state index contributed by atoms with van der Waals surface area (Å²) in [6.45, 7) is -0.0346. The largest absolute Gasteiger partial charge is 0.397 e. The highest BCUT2D eigenvalue weighted by atomic mass is 35.5. The van der Waals surface area contributed by atoms with Crippen LogP contribution in [-0.2, 0) is 10.0 Å². The van der Waals surface area contributed by atoms with Gasteiger partial charge in [-0.15, -0.1) is 0 Å². The van der Waals surface area contributed by atoms with E-state index in [0.29, 0.717) is 5.69 Å². The fourth-order valence-corrected chi connectivity index (χ4v) is 1.88. The van der Waals surface area contributed by atoms with Crippen LogP contribution in [0.2, 0.25) is 5.15 Å². The number of aromatic nitrogens is 1. The van der Waals surface area contributed by atoms with Gasteiger partial charge in [-0.2, -0.15) is 0 Å². The number of carbonyl (C=O) groups is 1. The van der Waals surface area contributed by atoms with Crippen LogP contribution in [-0.4, -0.2) is 38.7 Å². The summed E-state index contributed by atoms with van der Waals surface area (Å²) in [5.74, 6) is -0.742. The van der Waals surface area contributed by atoms with Crippen molar-refractivity contribution in [1.82, 2.24) is 15.0 Å². The second-order valence-corrected chi connectivity index (χ2v) is 5.79. The van der Waals surface area contributed by atoms with E-state index in [1.54, 1.807) is 0 Å². The Kier molecular flexibility index (Phi) is 4.88. The third kappa shape index (κ3) is 4.13. The van der Waals surface area contributed by atoms with E-state index in [-0.39, 0.29) is 23.0 Å². The van der Waals surface area contributed by atoms with Gasteiger partial charge in [0.05, 0.1) is 23.2 Å². The van der Waals surface area contributed by atoms with E-state index in [4.69, 9.17) is 17.3 Å². The minimum Gasteiger partial charge on any atom is -0.397 e. The van der Waals surface area contributed by atoms with Crippen LogP contribution in [0.1, 0.15) is 10.4 Å². The van der Waals surface area contributed by atoms with Crippen LogP contribution in [0.4, 0.5) is 5.69 Å². The normalized spacial score (nSPS) is 11.2. The Morgan fingerprint density at radius 3 is 2.83 bits per heavy atom. The number of hydrogen-bond acceptors (Lipinski definition) is 5. The van der Waals surface area contributed by atoms with Crippen LogP contribution in [0.5, 0.6) is 0 Å². The summed E-state index contributed by atoms with van der Waals surface area (Å²) in [7, 11) is -2.05. The van der Waals surface area contributed by atoms with Gasteiger partial charge in [-0.1, -0.05) is 11.6 Å². The van der Waals surface area contributed by atoms with Crippen molar-refractivity contribution in [3.05, 3.63) is 23.0 Å². The average Bonchev–Trinajstić information content (AvgIpc) is 2.32. The lowest BCUT2D eigenvalue weighted by molar-refractivity contribution is 0.0956. The van der Waals surface area contributed by atoms with E-state index >= 15 is 0 Å². The molecular weight excluding hydrogens is 280 g/mol. The van der Waals surface area contributed by atoms with Crippen molar-refractivity contribution >= 4 is 33.2 Å². The van der Waals surface area contributed by atoms with Gasteiger partial charge in [-0.3, -0.25) is 4.79 Å². The molecular formula is C9H13ClN4O3S. The number of halogens is 1. The summed E-state index contributed by atoms with van der Waals surface area (Å²) < 4.78 is 24.4. The molecule has 1 aromatic heterocycles. The van der Waals surface area contributed by atoms with E-state index in [9.17, 15) is 13.2 Å². The number of pyridine rings is 1. The molecule has 0 aromatic carbocycles. The lowest BCUT2D eigenvalue weighted by atomic mass is 10.2. The minimum absolute atomic E-state index is 0.0122. The molecule has 1 aromatic rings. The SMILES string of the molecule is CNS(=O)(=O)CCNC(=O)c1cc(N)cnc1Cl.